The summed E-state index contributed by atoms with van der Waals surface area (Å²) in [5.74, 6) is -19.8. The molecular formula is C9F9O4S-. The molecule has 0 radical (unpaired) electrons. The van der Waals surface area contributed by atoms with E-state index in [1.165, 1.54) is 0 Å². The predicted molar refractivity (Wildman–Crippen MR) is 49.0 cm³/mol. The molecule has 0 N–H and O–H groups in total. The molecule has 1 aromatic carbocycles. The van der Waals surface area contributed by atoms with Gasteiger partial charge >= 0.3 is 5.51 Å². The van der Waals surface area contributed by atoms with E-state index in [4.69, 9.17) is 0 Å². The van der Waals surface area contributed by atoms with Crippen LogP contribution in [0.2, 0.25) is 0 Å². The second-order valence-corrected chi connectivity index (χ2v) is 5.81. The van der Waals surface area contributed by atoms with Gasteiger partial charge < -0.3 is 9.90 Å². The van der Waals surface area contributed by atoms with Crippen molar-refractivity contribution in [3.05, 3.63) is 34.6 Å². The summed E-state index contributed by atoms with van der Waals surface area (Å²) in [4.78, 5) is 10.5. The molecule has 1 unspecified atom stereocenters. The van der Waals surface area contributed by atoms with Gasteiger partial charge in [0.15, 0.2) is 23.3 Å². The first-order valence-electron chi connectivity index (χ1n) is 4.85. The molecule has 1 aromatic rings. The summed E-state index contributed by atoms with van der Waals surface area (Å²) in [6, 6.07) is 0. The van der Waals surface area contributed by atoms with Crippen LogP contribution in [0.5, 0.6) is 0 Å². The average molecular weight is 375 g/mol. The van der Waals surface area contributed by atoms with Gasteiger partial charge in [0.05, 0.1) is 11.5 Å². The Labute approximate surface area is 120 Å². The number of carboxylic acids is 1. The Balaban J connectivity index is 4.09. The quantitative estimate of drug-likeness (QED) is 0.452. The Morgan fingerprint density at radius 1 is 0.783 bits per heavy atom. The van der Waals surface area contributed by atoms with E-state index in [9.17, 15) is 57.8 Å². The Morgan fingerprint density at radius 3 is 1.35 bits per heavy atom. The highest BCUT2D eigenvalue weighted by atomic mass is 32.2. The second kappa shape index (κ2) is 5.28. The van der Waals surface area contributed by atoms with E-state index in [1.807, 2.05) is 0 Å². The molecule has 4 nitrogen and oxygen atoms in total. The number of sulfone groups is 1. The fraction of sp³-hybridized carbons (Fsp3) is 0.222. The summed E-state index contributed by atoms with van der Waals surface area (Å²) in [6.07, 6.45) is 0. The van der Waals surface area contributed by atoms with E-state index >= 15 is 0 Å². The van der Waals surface area contributed by atoms with E-state index < -0.39 is 61.0 Å². The molecule has 0 saturated carbocycles. The smallest absolute Gasteiger partial charge is 0.501 e. The number of rotatable bonds is 3. The molecule has 23 heavy (non-hydrogen) atoms. The Kier molecular flexibility index (Phi) is 4.37. The van der Waals surface area contributed by atoms with Crippen LogP contribution in [0, 0.1) is 29.1 Å². The van der Waals surface area contributed by atoms with Crippen LogP contribution in [-0.4, -0.2) is 19.9 Å². The lowest BCUT2D eigenvalue weighted by atomic mass is 10.1. The zero-order valence-electron chi connectivity index (χ0n) is 9.94. The van der Waals surface area contributed by atoms with Crippen LogP contribution in [0.1, 0.15) is 5.56 Å². The van der Waals surface area contributed by atoms with Crippen LogP contribution in [0.15, 0.2) is 0 Å². The molecule has 0 heterocycles. The average Bonchev–Trinajstić information content (AvgIpc) is 2.41. The summed E-state index contributed by atoms with van der Waals surface area (Å²) >= 11 is 0. The van der Waals surface area contributed by atoms with Crippen molar-refractivity contribution in [3.63, 3.8) is 0 Å². The number of aliphatic carboxylic acids is 1. The van der Waals surface area contributed by atoms with E-state index in [0.717, 1.165) is 0 Å². The summed E-state index contributed by atoms with van der Waals surface area (Å²) in [7, 11) is -7.65. The number of hydrogen-bond acceptors (Lipinski definition) is 4. The zero-order valence-corrected chi connectivity index (χ0v) is 10.8. The lowest BCUT2D eigenvalue weighted by molar-refractivity contribution is -0.316. The van der Waals surface area contributed by atoms with Gasteiger partial charge in [0.1, 0.15) is 0 Å². The van der Waals surface area contributed by atoms with Gasteiger partial charge in [0.25, 0.3) is 14.8 Å². The molecule has 0 fully saturated rings. The number of carbonyl (C=O) groups is 1. The first-order valence-corrected chi connectivity index (χ1v) is 6.33. The van der Waals surface area contributed by atoms with Crippen LogP contribution in [0.3, 0.4) is 0 Å². The van der Waals surface area contributed by atoms with Crippen LogP contribution < -0.4 is 5.11 Å². The van der Waals surface area contributed by atoms with Crippen molar-refractivity contribution in [1.29, 1.82) is 0 Å². The molecular weight excluding hydrogens is 375 g/mol. The standard InChI is InChI=1S/C9HF9O4S/c10-2-1(3(11)5(13)6(14)4(2)12)8(15,7(19)20)23(21,22)9(16,17)18/h(H,19,20)/p-1. The number of hydrogen-bond donors (Lipinski definition) is 0. The van der Waals surface area contributed by atoms with Crippen molar-refractivity contribution in [1.82, 2.24) is 0 Å². The maximum Gasteiger partial charge on any atom is 0.501 e. The Bertz CT molecular complexity index is 756. The molecule has 1 atom stereocenters. The second-order valence-electron chi connectivity index (χ2n) is 3.78. The maximum atomic E-state index is 14.0. The van der Waals surface area contributed by atoms with Gasteiger partial charge in [-0.15, -0.1) is 0 Å². The highest BCUT2D eigenvalue weighted by Crippen LogP contribution is 2.44. The lowest BCUT2D eigenvalue weighted by Crippen LogP contribution is -2.53. The van der Waals surface area contributed by atoms with Crippen molar-refractivity contribution in [2.75, 3.05) is 0 Å². The summed E-state index contributed by atoms with van der Waals surface area (Å²) in [5, 5.41) is 4.37. The van der Waals surface area contributed by atoms with Crippen LogP contribution >= 0.6 is 0 Å². The highest BCUT2D eigenvalue weighted by Gasteiger charge is 2.65. The van der Waals surface area contributed by atoms with Gasteiger partial charge in [-0.1, -0.05) is 0 Å². The third-order valence-electron chi connectivity index (χ3n) is 2.47. The van der Waals surface area contributed by atoms with Gasteiger partial charge in [-0.05, 0) is 0 Å². The zero-order chi connectivity index (χ0) is 18.5. The molecule has 0 bridgehead atoms. The van der Waals surface area contributed by atoms with Crippen LogP contribution in [0.25, 0.3) is 0 Å². The van der Waals surface area contributed by atoms with Gasteiger partial charge in [0.2, 0.25) is 5.82 Å². The first kappa shape index (κ1) is 19.1. The first-order chi connectivity index (χ1) is 10.1. The minimum absolute atomic E-state index is 2.98. The molecule has 1 rings (SSSR count). The molecule has 0 spiro atoms. The van der Waals surface area contributed by atoms with Gasteiger partial charge in [-0.2, -0.15) is 13.2 Å². The van der Waals surface area contributed by atoms with Crippen LogP contribution in [0.4, 0.5) is 39.5 Å². The Hall–Kier alpha value is -1.99. The van der Waals surface area contributed by atoms with Crippen molar-refractivity contribution in [2.24, 2.45) is 0 Å². The van der Waals surface area contributed by atoms with Gasteiger partial charge in [-0.3, -0.25) is 0 Å². The Morgan fingerprint density at radius 2 is 1.09 bits per heavy atom. The third kappa shape index (κ3) is 2.40. The van der Waals surface area contributed by atoms with Gasteiger partial charge in [0, 0.05) is 0 Å². The molecule has 0 aliphatic rings. The number of carboxylic acid groups (broad SMARTS) is 1. The number of alkyl halides is 4. The van der Waals surface area contributed by atoms with Crippen LogP contribution in [-0.2, 0) is 19.6 Å². The molecule has 0 saturated heterocycles. The van der Waals surface area contributed by atoms with E-state index in [1.54, 1.807) is 0 Å². The number of benzene rings is 1. The largest absolute Gasteiger partial charge is 0.545 e. The SMILES string of the molecule is O=C([O-])C(F)(c1c(F)c(F)c(F)c(F)c1F)S(=O)(=O)C(F)(F)F. The molecule has 14 heteroatoms. The van der Waals surface area contributed by atoms with Crippen molar-refractivity contribution in [2.45, 2.75) is 10.5 Å². The van der Waals surface area contributed by atoms with Crippen molar-refractivity contribution >= 4 is 15.8 Å². The molecule has 0 aliphatic carbocycles. The minimum atomic E-state index is -7.65. The third-order valence-corrected chi connectivity index (χ3v) is 4.19. The fourth-order valence-electron chi connectivity index (χ4n) is 1.39. The van der Waals surface area contributed by atoms with Gasteiger partial charge in [-0.25, -0.2) is 34.8 Å². The highest BCUT2D eigenvalue weighted by molar-refractivity contribution is 7.93. The lowest BCUT2D eigenvalue weighted by Gasteiger charge is -2.28. The van der Waals surface area contributed by atoms with E-state index in [2.05, 4.69) is 0 Å². The summed E-state index contributed by atoms with van der Waals surface area (Å²) < 4.78 is 138. The number of halogens is 9. The van der Waals surface area contributed by atoms with E-state index in [0.29, 0.717) is 0 Å². The molecule has 130 valence electrons. The summed E-state index contributed by atoms with van der Waals surface area (Å²) in [5.41, 5.74) is -10.1. The maximum absolute atomic E-state index is 14.0. The predicted octanol–water partition coefficient (Wildman–Crippen LogP) is 1.19. The number of carbonyl (C=O) groups excluding carboxylic acids is 1. The van der Waals surface area contributed by atoms with E-state index in [-0.39, 0.29) is 0 Å². The molecule has 0 aromatic heterocycles. The summed E-state index contributed by atoms with van der Waals surface area (Å²) in [6.45, 7) is 0. The molecule has 0 amide bonds. The fourth-order valence-corrected chi connectivity index (χ4v) is 2.38. The van der Waals surface area contributed by atoms with Crippen molar-refractivity contribution < 1.29 is 57.8 Å². The normalized spacial score (nSPS) is 15.3. The van der Waals surface area contributed by atoms with Crippen molar-refractivity contribution in [3.8, 4) is 0 Å². The molecule has 0 aliphatic heterocycles. The monoisotopic (exact) mass is 375 g/mol. The topological polar surface area (TPSA) is 74.3 Å². The minimum Gasteiger partial charge on any atom is -0.545 e.